The van der Waals surface area contributed by atoms with Gasteiger partial charge in [0.2, 0.25) is 5.82 Å². The fourth-order valence-corrected chi connectivity index (χ4v) is 5.87. The highest BCUT2D eigenvalue weighted by atomic mass is 19.4. The van der Waals surface area contributed by atoms with Crippen LogP contribution in [0.2, 0.25) is 0 Å². The van der Waals surface area contributed by atoms with Gasteiger partial charge in [-0.3, -0.25) is 0 Å². The minimum Gasteiger partial charge on any atom is -0.497 e. The first-order valence-corrected chi connectivity index (χ1v) is 12.8. The number of hydrogen-bond donors (Lipinski definition) is 0. The number of hydrogen-bond acceptors (Lipinski definition) is 7. The van der Waals surface area contributed by atoms with Crippen molar-refractivity contribution in [3.8, 4) is 40.0 Å². The molecule has 0 amide bonds. The molecule has 0 N–H and O–H groups in total. The molecule has 2 atom stereocenters. The van der Waals surface area contributed by atoms with Crippen molar-refractivity contribution in [1.29, 1.82) is 0 Å². The Morgan fingerprint density at radius 1 is 0.949 bits per heavy atom. The third-order valence-electron chi connectivity index (χ3n) is 7.76. The maximum Gasteiger partial charge on any atom is 0.434 e. The number of ether oxygens (including phenoxy) is 1. The SMILES string of the molecule is COc1ccc(-c2nc(-c3ccc(-c4nc(C(F)(F)F)cn4C)cc3C)no2)c(N2CC3CN(C)CC3C2)c1. The summed E-state index contributed by atoms with van der Waals surface area (Å²) in [5, 5.41) is 4.25. The van der Waals surface area contributed by atoms with Gasteiger partial charge in [-0.1, -0.05) is 17.3 Å². The molecule has 2 unspecified atom stereocenters. The summed E-state index contributed by atoms with van der Waals surface area (Å²) in [5.41, 5.74) is 3.01. The van der Waals surface area contributed by atoms with E-state index in [1.807, 2.05) is 25.1 Å². The third-order valence-corrected chi connectivity index (χ3v) is 7.76. The van der Waals surface area contributed by atoms with Crippen molar-refractivity contribution in [3.63, 3.8) is 0 Å². The number of anilines is 1. The summed E-state index contributed by atoms with van der Waals surface area (Å²) < 4.78 is 52.0. The minimum atomic E-state index is -4.50. The lowest BCUT2D eigenvalue weighted by Crippen LogP contribution is -2.27. The number of benzene rings is 2. The van der Waals surface area contributed by atoms with E-state index in [0.717, 1.165) is 60.5 Å². The van der Waals surface area contributed by atoms with Crippen LogP contribution in [-0.2, 0) is 13.2 Å². The third kappa shape index (κ3) is 4.64. The Balaban J connectivity index is 1.30. The van der Waals surface area contributed by atoms with Gasteiger partial charge in [0.05, 0.1) is 18.4 Å². The van der Waals surface area contributed by atoms with Gasteiger partial charge in [0, 0.05) is 56.6 Å². The molecule has 0 bridgehead atoms. The maximum absolute atomic E-state index is 13.1. The highest BCUT2D eigenvalue weighted by molar-refractivity contribution is 5.77. The van der Waals surface area contributed by atoms with E-state index in [2.05, 4.69) is 27.0 Å². The smallest absolute Gasteiger partial charge is 0.434 e. The molecule has 0 spiro atoms. The molecule has 39 heavy (non-hydrogen) atoms. The van der Waals surface area contributed by atoms with Gasteiger partial charge in [-0.2, -0.15) is 18.2 Å². The van der Waals surface area contributed by atoms with Crippen molar-refractivity contribution in [3.05, 3.63) is 53.9 Å². The summed E-state index contributed by atoms with van der Waals surface area (Å²) in [6.45, 7) is 5.97. The predicted molar refractivity (Wildman–Crippen MR) is 140 cm³/mol. The second kappa shape index (κ2) is 9.41. The molecule has 2 fully saturated rings. The monoisotopic (exact) mass is 538 g/mol. The second-order valence-corrected chi connectivity index (χ2v) is 10.5. The molecule has 11 heteroatoms. The summed E-state index contributed by atoms with van der Waals surface area (Å²) in [7, 11) is 5.37. The standard InChI is InChI=1S/C28H29F3N6O2/c1-16-9-17(26-32-24(15-36(26)3)28(29,30)31)5-7-21(16)25-33-27(39-34-25)22-8-6-20(38-4)10-23(22)37-13-18-11-35(2)12-19(18)14-37/h5-10,15,18-19H,11-14H2,1-4H3. The van der Waals surface area contributed by atoms with Gasteiger partial charge in [0.25, 0.3) is 5.89 Å². The lowest BCUT2D eigenvalue weighted by Gasteiger charge is -2.23. The molecule has 4 aromatic rings. The van der Waals surface area contributed by atoms with E-state index in [4.69, 9.17) is 14.2 Å². The van der Waals surface area contributed by atoms with Crippen LogP contribution in [0.4, 0.5) is 18.9 Å². The number of imidazole rings is 1. The number of alkyl halides is 3. The van der Waals surface area contributed by atoms with Crippen molar-refractivity contribution in [2.24, 2.45) is 18.9 Å². The quantitative estimate of drug-likeness (QED) is 0.349. The summed E-state index contributed by atoms with van der Waals surface area (Å²) in [6.07, 6.45) is -3.52. The van der Waals surface area contributed by atoms with Crippen molar-refractivity contribution in [1.82, 2.24) is 24.6 Å². The average molecular weight is 539 g/mol. The molecule has 0 saturated carbocycles. The highest BCUT2D eigenvalue weighted by Gasteiger charge is 2.39. The molecule has 8 nitrogen and oxygen atoms in total. The molecule has 4 heterocycles. The molecule has 2 aromatic carbocycles. The molecule has 2 aliphatic heterocycles. The molecule has 0 radical (unpaired) electrons. The zero-order chi connectivity index (χ0) is 27.5. The van der Waals surface area contributed by atoms with Gasteiger partial charge in [-0.25, -0.2) is 4.98 Å². The van der Waals surface area contributed by atoms with Crippen LogP contribution in [0.3, 0.4) is 0 Å². The molecule has 2 aromatic heterocycles. The van der Waals surface area contributed by atoms with Gasteiger partial charge >= 0.3 is 6.18 Å². The van der Waals surface area contributed by atoms with Crippen molar-refractivity contribution >= 4 is 5.69 Å². The zero-order valence-corrected chi connectivity index (χ0v) is 22.2. The molecular formula is C28H29F3N6O2. The highest BCUT2D eigenvalue weighted by Crippen LogP contribution is 2.40. The predicted octanol–water partition coefficient (Wildman–Crippen LogP) is 5.14. The first kappa shape index (κ1) is 25.4. The van der Waals surface area contributed by atoms with Crippen LogP contribution < -0.4 is 9.64 Å². The molecule has 6 rings (SSSR count). The van der Waals surface area contributed by atoms with Gasteiger partial charge in [-0.05, 0) is 49.6 Å². The van der Waals surface area contributed by atoms with E-state index in [0.29, 0.717) is 29.1 Å². The van der Waals surface area contributed by atoms with Crippen LogP contribution in [0.25, 0.3) is 34.2 Å². The van der Waals surface area contributed by atoms with Crippen LogP contribution in [-0.4, -0.2) is 64.9 Å². The van der Waals surface area contributed by atoms with Gasteiger partial charge in [0.15, 0.2) is 5.69 Å². The van der Waals surface area contributed by atoms with E-state index < -0.39 is 11.9 Å². The number of likely N-dealkylation sites (tertiary alicyclic amines) is 1. The summed E-state index contributed by atoms with van der Waals surface area (Å²) >= 11 is 0. The van der Waals surface area contributed by atoms with E-state index >= 15 is 0 Å². The van der Waals surface area contributed by atoms with E-state index in [1.165, 1.54) is 4.57 Å². The Labute approximate surface area is 224 Å². The summed E-state index contributed by atoms with van der Waals surface area (Å²) in [5.74, 6) is 3.05. The average Bonchev–Trinajstić information content (AvgIpc) is 3.66. The number of halogens is 3. The summed E-state index contributed by atoms with van der Waals surface area (Å²) in [4.78, 5) is 13.3. The van der Waals surface area contributed by atoms with Crippen LogP contribution in [0.5, 0.6) is 5.75 Å². The zero-order valence-electron chi connectivity index (χ0n) is 22.2. The van der Waals surface area contributed by atoms with Crippen molar-refractivity contribution in [2.45, 2.75) is 13.1 Å². The van der Waals surface area contributed by atoms with Crippen molar-refractivity contribution in [2.75, 3.05) is 45.2 Å². The molecule has 2 saturated heterocycles. The molecule has 0 aliphatic carbocycles. The van der Waals surface area contributed by atoms with E-state index in [1.54, 1.807) is 32.4 Å². The molecule has 204 valence electrons. The number of nitrogens with zero attached hydrogens (tertiary/aromatic N) is 6. The Morgan fingerprint density at radius 2 is 1.67 bits per heavy atom. The largest absolute Gasteiger partial charge is 0.497 e. The molecular weight excluding hydrogens is 509 g/mol. The van der Waals surface area contributed by atoms with Crippen LogP contribution in [0, 0.1) is 18.8 Å². The Kier molecular flexibility index (Phi) is 6.13. The molecule has 2 aliphatic rings. The van der Waals surface area contributed by atoms with Crippen LogP contribution in [0.15, 0.2) is 47.1 Å². The fourth-order valence-electron chi connectivity index (χ4n) is 5.87. The lowest BCUT2D eigenvalue weighted by atomic mass is 10.0. The van der Waals surface area contributed by atoms with E-state index in [9.17, 15) is 13.2 Å². The van der Waals surface area contributed by atoms with Gasteiger partial charge in [0.1, 0.15) is 11.6 Å². The first-order chi connectivity index (χ1) is 18.6. The van der Waals surface area contributed by atoms with Crippen LogP contribution in [0.1, 0.15) is 11.3 Å². The minimum absolute atomic E-state index is 0.232. The number of fused-ring (bicyclic) bond motifs is 1. The Morgan fingerprint density at radius 3 is 2.31 bits per heavy atom. The number of aryl methyl sites for hydroxylation is 2. The van der Waals surface area contributed by atoms with Gasteiger partial charge < -0.3 is 23.6 Å². The normalized spacial score (nSPS) is 19.6. The van der Waals surface area contributed by atoms with Crippen LogP contribution >= 0.6 is 0 Å². The number of aromatic nitrogens is 4. The maximum atomic E-state index is 13.1. The first-order valence-electron chi connectivity index (χ1n) is 12.8. The fraction of sp³-hybridized carbons (Fsp3) is 0.393. The topological polar surface area (TPSA) is 72.4 Å². The lowest BCUT2D eigenvalue weighted by molar-refractivity contribution is -0.140. The second-order valence-electron chi connectivity index (χ2n) is 10.5. The van der Waals surface area contributed by atoms with Gasteiger partial charge in [-0.15, -0.1) is 0 Å². The summed E-state index contributed by atoms with van der Waals surface area (Å²) in [6, 6.07) is 11.1. The Bertz CT molecular complexity index is 1510. The number of methoxy groups -OCH3 is 1. The van der Waals surface area contributed by atoms with Crippen molar-refractivity contribution < 1.29 is 22.4 Å². The van der Waals surface area contributed by atoms with E-state index in [-0.39, 0.29) is 5.82 Å². The number of rotatable bonds is 5. The Hall–Kier alpha value is -3.86.